The fraction of sp³-hybridized carbons (Fsp3) is 0.400. The first-order chi connectivity index (χ1) is 5.79. The van der Waals surface area contributed by atoms with E-state index in [-0.39, 0.29) is 0 Å². The topological polar surface area (TPSA) is 26.0 Å². The van der Waals surface area contributed by atoms with Crippen molar-refractivity contribution in [1.82, 2.24) is 0 Å². The second kappa shape index (κ2) is 4.48. The summed E-state index contributed by atoms with van der Waals surface area (Å²) in [6, 6.07) is 6.02. The van der Waals surface area contributed by atoms with Gasteiger partial charge in [0.2, 0.25) is 0 Å². The van der Waals surface area contributed by atoms with Gasteiger partial charge in [-0.2, -0.15) is 0 Å². The average molecular weight is 184 g/mol. The number of hydrogen-bond donors (Lipinski definition) is 1. The van der Waals surface area contributed by atoms with Crippen molar-refractivity contribution >= 4 is 11.6 Å². The Morgan fingerprint density at radius 1 is 1.42 bits per heavy atom. The second-order valence-electron chi connectivity index (χ2n) is 2.77. The number of benzene rings is 1. The third-order valence-electron chi connectivity index (χ3n) is 1.99. The van der Waals surface area contributed by atoms with E-state index in [4.69, 9.17) is 17.3 Å². The molecule has 66 valence electrons. The van der Waals surface area contributed by atoms with E-state index in [9.17, 15) is 0 Å². The molecule has 0 fully saturated rings. The van der Waals surface area contributed by atoms with Crippen molar-refractivity contribution in [3.05, 3.63) is 34.3 Å². The van der Waals surface area contributed by atoms with Crippen LogP contribution in [-0.4, -0.2) is 6.54 Å². The Kier molecular flexibility index (Phi) is 3.57. The zero-order chi connectivity index (χ0) is 8.97. The van der Waals surface area contributed by atoms with E-state index < -0.39 is 0 Å². The zero-order valence-electron chi connectivity index (χ0n) is 7.31. The minimum atomic E-state index is 0.663. The van der Waals surface area contributed by atoms with Crippen LogP contribution in [0.25, 0.3) is 0 Å². The molecule has 0 aromatic heterocycles. The molecule has 0 aliphatic rings. The molecule has 0 radical (unpaired) electrons. The lowest BCUT2D eigenvalue weighted by Gasteiger charge is -2.07. The van der Waals surface area contributed by atoms with Crippen LogP contribution < -0.4 is 5.73 Å². The van der Waals surface area contributed by atoms with E-state index in [2.05, 4.69) is 13.0 Å². The highest BCUT2D eigenvalue weighted by Crippen LogP contribution is 2.20. The average Bonchev–Trinajstić information content (AvgIpc) is 2.09. The minimum Gasteiger partial charge on any atom is -0.330 e. The van der Waals surface area contributed by atoms with E-state index >= 15 is 0 Å². The molecular formula is C10H14ClN. The number of nitrogens with two attached hydrogens (primary N) is 1. The fourth-order valence-corrected chi connectivity index (χ4v) is 1.65. The maximum absolute atomic E-state index is 6.03. The lowest BCUT2D eigenvalue weighted by molar-refractivity contribution is 0.939. The van der Waals surface area contributed by atoms with Gasteiger partial charge < -0.3 is 5.73 Å². The van der Waals surface area contributed by atoms with Crippen molar-refractivity contribution in [1.29, 1.82) is 0 Å². The first-order valence-electron chi connectivity index (χ1n) is 4.26. The number of halogens is 1. The molecule has 2 heteroatoms. The van der Waals surface area contributed by atoms with Crippen molar-refractivity contribution in [2.24, 2.45) is 5.73 Å². The third-order valence-corrected chi connectivity index (χ3v) is 2.35. The molecule has 2 N–H and O–H groups in total. The molecule has 0 saturated heterocycles. The Labute approximate surface area is 78.5 Å². The van der Waals surface area contributed by atoms with Crippen LogP contribution in [-0.2, 0) is 12.8 Å². The summed E-state index contributed by atoms with van der Waals surface area (Å²) in [6.45, 7) is 2.79. The molecule has 0 amide bonds. The molecule has 0 atom stereocenters. The molecule has 0 aliphatic heterocycles. The van der Waals surface area contributed by atoms with Crippen molar-refractivity contribution in [2.75, 3.05) is 6.54 Å². The summed E-state index contributed by atoms with van der Waals surface area (Å²) in [6.07, 6.45) is 1.90. The van der Waals surface area contributed by atoms with Crippen LogP contribution in [0, 0.1) is 0 Å². The van der Waals surface area contributed by atoms with Crippen molar-refractivity contribution < 1.29 is 0 Å². The van der Waals surface area contributed by atoms with Crippen LogP contribution in [0.2, 0.25) is 5.02 Å². The highest BCUT2D eigenvalue weighted by Gasteiger charge is 2.03. The maximum atomic E-state index is 6.03. The lowest BCUT2D eigenvalue weighted by Crippen LogP contribution is -2.05. The van der Waals surface area contributed by atoms with Crippen LogP contribution in [0.15, 0.2) is 18.2 Å². The molecule has 0 spiro atoms. The maximum Gasteiger partial charge on any atom is 0.0441 e. The normalized spacial score (nSPS) is 10.2. The summed E-state index contributed by atoms with van der Waals surface area (Å²) in [5.74, 6) is 0. The van der Waals surface area contributed by atoms with E-state index in [1.807, 2.05) is 12.1 Å². The van der Waals surface area contributed by atoms with E-state index in [1.165, 1.54) is 11.1 Å². The second-order valence-corrected chi connectivity index (χ2v) is 3.18. The van der Waals surface area contributed by atoms with Crippen LogP contribution in [0.3, 0.4) is 0 Å². The van der Waals surface area contributed by atoms with Gasteiger partial charge in [0.05, 0.1) is 0 Å². The van der Waals surface area contributed by atoms with Crippen molar-refractivity contribution in [2.45, 2.75) is 19.8 Å². The molecule has 0 unspecified atom stereocenters. The fourth-order valence-electron chi connectivity index (χ4n) is 1.36. The number of hydrogen-bond acceptors (Lipinski definition) is 1. The lowest BCUT2D eigenvalue weighted by atomic mass is 10.0. The smallest absolute Gasteiger partial charge is 0.0441 e. The SMILES string of the molecule is CCc1cccc(Cl)c1CCN. The quantitative estimate of drug-likeness (QED) is 0.766. The molecule has 0 heterocycles. The Hall–Kier alpha value is -0.530. The van der Waals surface area contributed by atoms with Gasteiger partial charge in [-0.1, -0.05) is 30.7 Å². The predicted octanol–water partition coefficient (Wildman–Crippen LogP) is 2.40. The number of rotatable bonds is 3. The molecule has 1 rings (SSSR count). The molecule has 12 heavy (non-hydrogen) atoms. The van der Waals surface area contributed by atoms with Gasteiger partial charge in [0.25, 0.3) is 0 Å². The summed E-state index contributed by atoms with van der Waals surface area (Å²) >= 11 is 6.03. The third kappa shape index (κ3) is 1.99. The standard InChI is InChI=1S/C10H14ClN/c1-2-8-4-3-5-10(11)9(8)6-7-12/h3-5H,2,6-7,12H2,1H3. The van der Waals surface area contributed by atoms with Crippen LogP contribution in [0.5, 0.6) is 0 Å². The Morgan fingerprint density at radius 3 is 2.75 bits per heavy atom. The molecular weight excluding hydrogens is 170 g/mol. The summed E-state index contributed by atoms with van der Waals surface area (Å²) < 4.78 is 0. The molecule has 1 nitrogen and oxygen atoms in total. The first kappa shape index (κ1) is 9.56. The van der Waals surface area contributed by atoms with Crippen LogP contribution >= 0.6 is 11.6 Å². The molecule has 1 aromatic rings. The van der Waals surface area contributed by atoms with E-state index in [1.54, 1.807) is 0 Å². The van der Waals surface area contributed by atoms with Crippen molar-refractivity contribution in [3.63, 3.8) is 0 Å². The molecule has 0 aliphatic carbocycles. The van der Waals surface area contributed by atoms with Gasteiger partial charge in [0.1, 0.15) is 0 Å². The van der Waals surface area contributed by atoms with E-state index in [0.29, 0.717) is 6.54 Å². The van der Waals surface area contributed by atoms with Crippen LogP contribution in [0.4, 0.5) is 0 Å². The Bertz CT molecular complexity index is 258. The first-order valence-corrected chi connectivity index (χ1v) is 4.63. The van der Waals surface area contributed by atoms with Gasteiger partial charge in [-0.25, -0.2) is 0 Å². The summed E-state index contributed by atoms with van der Waals surface area (Å²) in [5.41, 5.74) is 8.02. The summed E-state index contributed by atoms with van der Waals surface area (Å²) in [4.78, 5) is 0. The predicted molar refractivity (Wildman–Crippen MR) is 53.6 cm³/mol. The monoisotopic (exact) mass is 183 g/mol. The molecule has 1 aromatic carbocycles. The Balaban J connectivity index is 3.02. The van der Waals surface area contributed by atoms with Crippen LogP contribution in [0.1, 0.15) is 18.1 Å². The summed E-state index contributed by atoms with van der Waals surface area (Å²) in [7, 11) is 0. The number of aryl methyl sites for hydroxylation is 1. The Morgan fingerprint density at radius 2 is 2.17 bits per heavy atom. The van der Waals surface area contributed by atoms with Gasteiger partial charge >= 0.3 is 0 Å². The van der Waals surface area contributed by atoms with Gasteiger partial charge in [0, 0.05) is 5.02 Å². The van der Waals surface area contributed by atoms with Crippen molar-refractivity contribution in [3.8, 4) is 0 Å². The van der Waals surface area contributed by atoms with E-state index in [0.717, 1.165) is 17.9 Å². The van der Waals surface area contributed by atoms with Gasteiger partial charge in [-0.3, -0.25) is 0 Å². The van der Waals surface area contributed by atoms with Gasteiger partial charge in [-0.05, 0) is 36.6 Å². The summed E-state index contributed by atoms with van der Waals surface area (Å²) in [5, 5.41) is 0.847. The molecule has 0 bridgehead atoms. The van der Waals surface area contributed by atoms with Gasteiger partial charge in [-0.15, -0.1) is 0 Å². The zero-order valence-corrected chi connectivity index (χ0v) is 8.06. The largest absolute Gasteiger partial charge is 0.330 e. The highest BCUT2D eigenvalue weighted by molar-refractivity contribution is 6.31. The highest BCUT2D eigenvalue weighted by atomic mass is 35.5. The van der Waals surface area contributed by atoms with Gasteiger partial charge in [0.15, 0.2) is 0 Å². The minimum absolute atomic E-state index is 0.663. The molecule has 0 saturated carbocycles.